The number of anilines is 1. The first-order valence-corrected chi connectivity index (χ1v) is 9.31. The molecule has 2 aromatic carbocycles. The van der Waals surface area contributed by atoms with Crippen LogP contribution in [0.2, 0.25) is 0 Å². The van der Waals surface area contributed by atoms with Crippen molar-refractivity contribution in [1.82, 2.24) is 4.98 Å². The maximum absolute atomic E-state index is 5.83. The lowest BCUT2D eigenvalue weighted by atomic mass is 10.1. The van der Waals surface area contributed by atoms with Crippen molar-refractivity contribution in [3.63, 3.8) is 0 Å². The lowest BCUT2D eigenvalue weighted by molar-refractivity contribution is 0.575. The lowest BCUT2D eigenvalue weighted by Crippen LogP contribution is -1.88. The molecule has 1 N–H and O–H groups in total. The van der Waals surface area contributed by atoms with Crippen molar-refractivity contribution < 1.29 is 4.42 Å². The van der Waals surface area contributed by atoms with Crippen LogP contribution in [0.25, 0.3) is 21.5 Å². The molecule has 4 rings (SSSR count). The number of benzene rings is 2. The number of hydrogen-bond donors (Lipinski definition) is 1. The maximum Gasteiger partial charge on any atom is 0.204 e. The molecular weight excluding hydrogens is 398 g/mol. The topological polar surface area (TPSA) is 50.4 Å². The summed E-state index contributed by atoms with van der Waals surface area (Å²) in [4.78, 5) is 4.47. The van der Waals surface area contributed by atoms with Gasteiger partial charge in [-0.3, -0.25) is 5.43 Å². The van der Waals surface area contributed by atoms with Gasteiger partial charge in [-0.25, -0.2) is 4.98 Å². The van der Waals surface area contributed by atoms with Crippen LogP contribution in [0.5, 0.6) is 0 Å². The van der Waals surface area contributed by atoms with Crippen LogP contribution in [0, 0.1) is 6.92 Å². The zero-order chi connectivity index (χ0) is 17.2. The van der Waals surface area contributed by atoms with Gasteiger partial charge in [0.15, 0.2) is 0 Å². The smallest absolute Gasteiger partial charge is 0.204 e. The van der Waals surface area contributed by atoms with E-state index in [2.05, 4.69) is 50.5 Å². The van der Waals surface area contributed by atoms with E-state index >= 15 is 0 Å². The Kier molecular flexibility index (Phi) is 4.38. The molecule has 124 valence electrons. The second-order valence-electron chi connectivity index (χ2n) is 5.52. The molecule has 0 aliphatic heterocycles. The highest BCUT2D eigenvalue weighted by molar-refractivity contribution is 9.10. The van der Waals surface area contributed by atoms with Crippen molar-refractivity contribution in [3.8, 4) is 11.3 Å². The molecule has 0 spiro atoms. The molecule has 0 saturated carbocycles. The van der Waals surface area contributed by atoms with Gasteiger partial charge >= 0.3 is 0 Å². The van der Waals surface area contributed by atoms with Crippen LogP contribution < -0.4 is 5.43 Å². The number of para-hydroxylation sites is 1. The first-order chi connectivity index (χ1) is 12.2. The number of halogens is 1. The predicted molar refractivity (Wildman–Crippen MR) is 107 cm³/mol. The van der Waals surface area contributed by atoms with Gasteiger partial charge in [0.05, 0.1) is 16.4 Å². The molecule has 2 heterocycles. The summed E-state index contributed by atoms with van der Waals surface area (Å²) in [6.07, 6.45) is 1.65. The second kappa shape index (κ2) is 6.82. The van der Waals surface area contributed by atoms with Crippen molar-refractivity contribution in [2.24, 2.45) is 5.10 Å². The maximum atomic E-state index is 5.83. The molecule has 0 aliphatic carbocycles. The van der Waals surface area contributed by atoms with Crippen molar-refractivity contribution in [2.75, 3.05) is 5.43 Å². The quantitative estimate of drug-likeness (QED) is 0.327. The van der Waals surface area contributed by atoms with Crippen molar-refractivity contribution in [3.05, 3.63) is 70.4 Å². The fourth-order valence-corrected chi connectivity index (χ4v) is 3.59. The molecule has 0 saturated heterocycles. The monoisotopic (exact) mass is 411 g/mol. The number of hydrogen-bond acceptors (Lipinski definition) is 5. The Morgan fingerprint density at radius 2 is 2.04 bits per heavy atom. The number of aryl methyl sites for hydroxylation is 1. The Morgan fingerprint density at radius 3 is 2.88 bits per heavy atom. The van der Waals surface area contributed by atoms with Gasteiger partial charge in [-0.1, -0.05) is 51.5 Å². The Balaban J connectivity index is 1.48. The van der Waals surface area contributed by atoms with Crippen molar-refractivity contribution >= 4 is 48.8 Å². The summed E-state index contributed by atoms with van der Waals surface area (Å²) in [5.74, 6) is 1.49. The summed E-state index contributed by atoms with van der Waals surface area (Å²) in [5.41, 5.74) is 6.14. The minimum Gasteiger partial charge on any atom is -0.455 e. The van der Waals surface area contributed by atoms with E-state index in [0.717, 1.165) is 31.1 Å². The number of aromatic nitrogens is 1. The number of furan rings is 1. The fraction of sp³-hybridized carbons (Fsp3) is 0.0526. The number of rotatable bonds is 4. The van der Waals surface area contributed by atoms with E-state index in [9.17, 15) is 0 Å². The Hall–Kier alpha value is -2.44. The highest BCUT2D eigenvalue weighted by Gasteiger charge is 2.06. The molecule has 4 aromatic rings. The Bertz CT molecular complexity index is 1030. The molecule has 2 aromatic heterocycles. The van der Waals surface area contributed by atoms with Gasteiger partial charge in [-0.15, -0.1) is 0 Å². The highest BCUT2D eigenvalue weighted by Crippen LogP contribution is 2.27. The molecule has 0 aliphatic rings. The predicted octanol–water partition coefficient (Wildman–Crippen LogP) is 6.07. The number of nitrogens with zero attached hydrogens (tertiary/aromatic N) is 2. The van der Waals surface area contributed by atoms with Gasteiger partial charge in [0.25, 0.3) is 0 Å². The zero-order valence-electron chi connectivity index (χ0n) is 13.4. The average molecular weight is 412 g/mol. The summed E-state index contributed by atoms with van der Waals surface area (Å²) in [5, 5.41) is 4.97. The largest absolute Gasteiger partial charge is 0.455 e. The molecule has 4 nitrogen and oxygen atoms in total. The lowest BCUT2D eigenvalue weighted by Gasteiger charge is -2.01. The number of hydrazone groups is 1. The van der Waals surface area contributed by atoms with Crippen LogP contribution in [0.3, 0.4) is 0 Å². The molecule has 6 heteroatoms. The minimum atomic E-state index is 0.681. The van der Waals surface area contributed by atoms with Gasteiger partial charge in [-0.05, 0) is 42.8 Å². The van der Waals surface area contributed by atoms with Gasteiger partial charge < -0.3 is 4.42 Å². The third kappa shape index (κ3) is 3.50. The Morgan fingerprint density at radius 1 is 1.16 bits per heavy atom. The summed E-state index contributed by atoms with van der Waals surface area (Å²) >= 11 is 5.11. The van der Waals surface area contributed by atoms with Crippen molar-refractivity contribution in [2.45, 2.75) is 6.92 Å². The molecule has 0 bridgehead atoms. The molecular formula is C19H14BrN3OS. The van der Waals surface area contributed by atoms with Gasteiger partial charge in [0.1, 0.15) is 11.5 Å². The van der Waals surface area contributed by atoms with Gasteiger partial charge in [0.2, 0.25) is 5.13 Å². The van der Waals surface area contributed by atoms with E-state index in [-0.39, 0.29) is 0 Å². The van der Waals surface area contributed by atoms with Gasteiger partial charge in [0, 0.05) is 10.0 Å². The fourth-order valence-electron chi connectivity index (χ4n) is 2.39. The van der Waals surface area contributed by atoms with Crippen LogP contribution in [0.15, 0.2) is 68.6 Å². The van der Waals surface area contributed by atoms with Crippen molar-refractivity contribution in [1.29, 1.82) is 0 Å². The summed E-state index contributed by atoms with van der Waals surface area (Å²) in [6.45, 7) is 2.06. The summed E-state index contributed by atoms with van der Waals surface area (Å²) < 4.78 is 8.03. The minimum absolute atomic E-state index is 0.681. The van der Waals surface area contributed by atoms with Crippen LogP contribution in [-0.4, -0.2) is 11.2 Å². The van der Waals surface area contributed by atoms with E-state index in [1.165, 1.54) is 5.56 Å². The molecule has 0 radical (unpaired) electrons. The second-order valence-corrected chi connectivity index (χ2v) is 7.41. The standard InChI is InChI=1S/C19H14BrN3OS/c1-12-6-7-13(10-15(12)20)17-9-8-14(24-17)11-21-23-19-22-16-4-2-3-5-18(16)25-19/h2-11H,1H3,(H,22,23)/b21-11+. The number of nitrogens with one attached hydrogen (secondary N) is 1. The summed E-state index contributed by atoms with van der Waals surface area (Å²) in [6, 6.07) is 18.0. The average Bonchev–Trinajstić information content (AvgIpc) is 3.24. The van der Waals surface area contributed by atoms with E-state index in [4.69, 9.17) is 4.42 Å². The van der Waals surface area contributed by atoms with Crippen LogP contribution in [-0.2, 0) is 0 Å². The van der Waals surface area contributed by atoms with Crippen LogP contribution in [0.4, 0.5) is 5.13 Å². The van der Waals surface area contributed by atoms with E-state index in [1.54, 1.807) is 17.6 Å². The van der Waals surface area contributed by atoms with Crippen LogP contribution >= 0.6 is 27.3 Å². The molecule has 0 atom stereocenters. The normalized spacial score (nSPS) is 11.4. The van der Waals surface area contributed by atoms with E-state index in [0.29, 0.717) is 5.76 Å². The number of fused-ring (bicyclic) bond motifs is 1. The molecule has 25 heavy (non-hydrogen) atoms. The first-order valence-electron chi connectivity index (χ1n) is 7.70. The van der Waals surface area contributed by atoms with E-state index in [1.807, 2.05) is 42.5 Å². The first kappa shape index (κ1) is 16.1. The number of thiazole rings is 1. The third-order valence-electron chi connectivity index (χ3n) is 3.73. The summed E-state index contributed by atoms with van der Waals surface area (Å²) in [7, 11) is 0. The van der Waals surface area contributed by atoms with E-state index < -0.39 is 0 Å². The molecule has 0 unspecified atom stereocenters. The SMILES string of the molecule is Cc1ccc(-c2ccc(/C=N/Nc3nc4ccccc4s3)o2)cc1Br. The van der Waals surface area contributed by atoms with Gasteiger partial charge in [-0.2, -0.15) is 5.10 Å². The van der Waals surface area contributed by atoms with Crippen LogP contribution in [0.1, 0.15) is 11.3 Å². The third-order valence-corrected chi connectivity index (χ3v) is 5.52. The zero-order valence-corrected chi connectivity index (χ0v) is 15.8. The molecule has 0 amide bonds. The Labute approximate surface area is 157 Å². The molecule has 0 fully saturated rings. The highest BCUT2D eigenvalue weighted by atomic mass is 79.9.